The Labute approximate surface area is 147 Å². The number of aromatic hydroxyl groups is 1. The Morgan fingerprint density at radius 1 is 1.16 bits per heavy atom. The molecule has 1 N–H and O–H groups in total. The maximum absolute atomic E-state index is 11.8. The highest BCUT2D eigenvalue weighted by Crippen LogP contribution is 2.25. The second-order valence-corrected chi connectivity index (χ2v) is 6.51. The average molecular weight is 337 g/mol. The van der Waals surface area contributed by atoms with E-state index in [1.54, 1.807) is 0 Å². The van der Waals surface area contributed by atoms with Crippen LogP contribution in [0.25, 0.3) is 16.8 Å². The van der Waals surface area contributed by atoms with Gasteiger partial charge in [0.25, 0.3) is 0 Å². The van der Waals surface area contributed by atoms with E-state index in [0.717, 1.165) is 35.5 Å². The van der Waals surface area contributed by atoms with Gasteiger partial charge in [-0.3, -0.25) is 9.48 Å². The molecule has 0 fully saturated rings. The topological polar surface area (TPSA) is 60.0 Å². The fourth-order valence-corrected chi connectivity index (χ4v) is 2.91. The Kier molecular flexibility index (Phi) is 4.74. The lowest BCUT2D eigenvalue weighted by Crippen LogP contribution is -2.12. The zero-order valence-electron chi connectivity index (χ0n) is 14.8. The summed E-state index contributed by atoms with van der Waals surface area (Å²) in [5, 5.41) is 14.3. The first-order valence-electron chi connectivity index (χ1n) is 8.58. The van der Waals surface area contributed by atoms with Gasteiger partial charge in [0.1, 0.15) is 0 Å². The van der Waals surface area contributed by atoms with E-state index >= 15 is 0 Å². The summed E-state index contributed by atoms with van der Waals surface area (Å²) in [6.45, 7) is 7.07. The van der Waals surface area contributed by atoms with E-state index in [2.05, 4.69) is 12.0 Å². The van der Waals surface area contributed by atoms with E-state index in [1.165, 1.54) is 12.3 Å². The van der Waals surface area contributed by atoms with Crippen molar-refractivity contribution in [3.63, 3.8) is 0 Å². The molecule has 0 radical (unpaired) electrons. The van der Waals surface area contributed by atoms with Crippen molar-refractivity contribution in [2.75, 3.05) is 0 Å². The number of aromatic nitrogens is 3. The van der Waals surface area contributed by atoms with Gasteiger partial charge >= 0.3 is 0 Å². The van der Waals surface area contributed by atoms with Crippen LogP contribution >= 0.6 is 0 Å². The van der Waals surface area contributed by atoms with Gasteiger partial charge in [-0.25, -0.2) is 0 Å². The molecule has 25 heavy (non-hydrogen) atoms. The van der Waals surface area contributed by atoms with Crippen molar-refractivity contribution >= 4 is 0 Å². The van der Waals surface area contributed by atoms with Crippen LogP contribution in [0.2, 0.25) is 0 Å². The zero-order valence-corrected chi connectivity index (χ0v) is 14.8. The van der Waals surface area contributed by atoms with Gasteiger partial charge in [-0.15, -0.1) is 0 Å². The molecule has 0 spiro atoms. The highest BCUT2D eigenvalue weighted by Gasteiger charge is 2.12. The summed E-state index contributed by atoms with van der Waals surface area (Å²) >= 11 is 0. The molecule has 5 nitrogen and oxygen atoms in total. The molecule has 1 aromatic carbocycles. The Balaban J connectivity index is 2.07. The van der Waals surface area contributed by atoms with Crippen molar-refractivity contribution in [3.05, 3.63) is 64.8 Å². The second-order valence-electron chi connectivity index (χ2n) is 6.51. The van der Waals surface area contributed by atoms with Crippen molar-refractivity contribution < 1.29 is 5.11 Å². The molecule has 0 atom stereocenters. The van der Waals surface area contributed by atoms with Crippen LogP contribution in [0.1, 0.15) is 38.8 Å². The number of hydrogen-bond donors (Lipinski definition) is 1. The van der Waals surface area contributed by atoms with Gasteiger partial charge in [-0.1, -0.05) is 32.9 Å². The summed E-state index contributed by atoms with van der Waals surface area (Å²) in [4.78, 5) is 11.8. The molecule has 0 aliphatic carbocycles. The first kappa shape index (κ1) is 17.0. The number of benzene rings is 1. The van der Waals surface area contributed by atoms with E-state index in [-0.39, 0.29) is 17.1 Å². The monoisotopic (exact) mass is 337 g/mol. The molecule has 0 aliphatic heterocycles. The molecular formula is C20H23N3O2. The predicted molar refractivity (Wildman–Crippen MR) is 99.3 cm³/mol. The number of aryl methyl sites for hydroxylation is 1. The Morgan fingerprint density at radius 3 is 2.68 bits per heavy atom. The van der Waals surface area contributed by atoms with Crippen LogP contribution in [0.5, 0.6) is 5.75 Å². The average Bonchev–Trinajstić information content (AvgIpc) is 3.06. The van der Waals surface area contributed by atoms with Gasteiger partial charge in [0.15, 0.2) is 5.75 Å². The minimum atomic E-state index is -0.350. The second kappa shape index (κ2) is 6.97. The van der Waals surface area contributed by atoms with E-state index in [4.69, 9.17) is 0 Å². The summed E-state index contributed by atoms with van der Waals surface area (Å²) in [6.07, 6.45) is 6.43. The third-order valence-corrected chi connectivity index (χ3v) is 4.20. The third kappa shape index (κ3) is 3.50. The van der Waals surface area contributed by atoms with Crippen molar-refractivity contribution in [2.24, 2.45) is 0 Å². The molecule has 0 unspecified atom stereocenters. The lowest BCUT2D eigenvalue weighted by molar-refractivity contribution is 0.463. The Morgan fingerprint density at radius 2 is 1.96 bits per heavy atom. The first-order chi connectivity index (χ1) is 12.0. The normalized spacial score (nSPS) is 11.2. The molecule has 2 heterocycles. The molecule has 0 bridgehead atoms. The van der Waals surface area contributed by atoms with Gasteiger partial charge in [0.05, 0.1) is 12.4 Å². The van der Waals surface area contributed by atoms with E-state index < -0.39 is 0 Å². The maximum Gasteiger partial charge on any atom is 0.223 e. The molecule has 0 aliphatic rings. The van der Waals surface area contributed by atoms with E-state index in [9.17, 15) is 9.90 Å². The first-order valence-corrected chi connectivity index (χ1v) is 8.58. The van der Waals surface area contributed by atoms with Gasteiger partial charge in [-0.2, -0.15) is 5.10 Å². The van der Waals surface area contributed by atoms with Gasteiger partial charge in [-0.05, 0) is 30.0 Å². The summed E-state index contributed by atoms with van der Waals surface area (Å²) in [6, 6.07) is 9.53. The molecule has 3 rings (SSSR count). The number of pyridine rings is 1. The van der Waals surface area contributed by atoms with Gasteiger partial charge in [0.2, 0.25) is 5.43 Å². The van der Waals surface area contributed by atoms with Crippen LogP contribution in [0.15, 0.2) is 53.7 Å². The lowest BCUT2D eigenvalue weighted by atomic mass is 10.1. The van der Waals surface area contributed by atoms with Crippen molar-refractivity contribution in [2.45, 2.75) is 39.7 Å². The Bertz CT molecular complexity index is 938. The fourth-order valence-electron chi connectivity index (χ4n) is 2.91. The van der Waals surface area contributed by atoms with Crippen LogP contribution in [0.3, 0.4) is 0 Å². The van der Waals surface area contributed by atoms with Crippen molar-refractivity contribution in [3.8, 4) is 22.6 Å². The summed E-state index contributed by atoms with van der Waals surface area (Å²) in [5.74, 6) is -0.0881. The molecule has 0 amide bonds. The smallest absolute Gasteiger partial charge is 0.223 e. The molecule has 130 valence electrons. The van der Waals surface area contributed by atoms with Gasteiger partial charge < -0.3 is 9.67 Å². The van der Waals surface area contributed by atoms with E-state index in [0.29, 0.717) is 0 Å². The quantitative estimate of drug-likeness (QED) is 0.767. The van der Waals surface area contributed by atoms with Crippen LogP contribution in [-0.4, -0.2) is 19.5 Å². The molecular weight excluding hydrogens is 314 g/mol. The number of rotatable bonds is 5. The molecule has 2 aromatic heterocycles. The van der Waals surface area contributed by atoms with E-state index in [1.807, 2.05) is 59.8 Å². The lowest BCUT2D eigenvalue weighted by Gasteiger charge is -2.17. The summed E-state index contributed by atoms with van der Waals surface area (Å²) < 4.78 is 3.81. The summed E-state index contributed by atoms with van der Waals surface area (Å²) in [5.41, 5.74) is 3.51. The largest absolute Gasteiger partial charge is 0.503 e. The van der Waals surface area contributed by atoms with Crippen molar-refractivity contribution in [1.82, 2.24) is 14.3 Å². The molecule has 0 saturated heterocycles. The highest BCUT2D eigenvalue weighted by atomic mass is 16.3. The van der Waals surface area contributed by atoms with Gasteiger partial charge in [0, 0.05) is 35.8 Å². The van der Waals surface area contributed by atoms with Crippen LogP contribution in [0, 0.1) is 0 Å². The molecule has 5 heteroatoms. The molecule has 0 saturated carbocycles. The fraction of sp³-hybridized carbons (Fsp3) is 0.300. The van der Waals surface area contributed by atoms with Crippen LogP contribution in [0.4, 0.5) is 0 Å². The minimum Gasteiger partial charge on any atom is -0.503 e. The standard InChI is InChI=1S/C20H23N3O2/c1-4-8-22-12-16(11-21-22)15-6-5-7-17(9-15)23-13-20(25)19(24)10-18(23)14(2)3/h5-7,9-14,25H,4,8H2,1-3H3. The summed E-state index contributed by atoms with van der Waals surface area (Å²) in [7, 11) is 0. The maximum atomic E-state index is 11.8. The predicted octanol–water partition coefficient (Wildman–Crippen LogP) is 3.94. The highest BCUT2D eigenvalue weighted by molar-refractivity contribution is 5.64. The van der Waals surface area contributed by atoms with Crippen LogP contribution < -0.4 is 5.43 Å². The van der Waals surface area contributed by atoms with Crippen molar-refractivity contribution in [1.29, 1.82) is 0 Å². The third-order valence-electron chi connectivity index (χ3n) is 4.20. The SMILES string of the molecule is CCCn1cc(-c2cccc(-n3cc(O)c(=O)cc3C(C)C)c2)cn1. The Hall–Kier alpha value is -2.82. The number of nitrogens with zero attached hydrogens (tertiary/aromatic N) is 3. The molecule has 3 aromatic rings. The zero-order chi connectivity index (χ0) is 18.0. The minimum absolute atomic E-state index is 0.157. The number of hydrogen-bond acceptors (Lipinski definition) is 3. The van der Waals surface area contributed by atoms with Crippen LogP contribution in [-0.2, 0) is 6.54 Å².